The minimum Gasteiger partial charge on any atom is -0.466 e. The molecule has 1 atom stereocenters. The molecule has 0 amide bonds. The van der Waals surface area contributed by atoms with Gasteiger partial charge < -0.3 is 19.7 Å². The first-order valence-corrected chi connectivity index (χ1v) is 8.45. The maximum Gasteiger partial charge on any atom is 0.337 e. The van der Waals surface area contributed by atoms with E-state index < -0.39 is 12.0 Å². The van der Waals surface area contributed by atoms with Gasteiger partial charge in [0.15, 0.2) is 5.11 Å². The van der Waals surface area contributed by atoms with Crippen LogP contribution in [0, 0.1) is 0 Å². The Labute approximate surface area is 151 Å². The monoisotopic (exact) mass is 360 g/mol. The van der Waals surface area contributed by atoms with Crippen LogP contribution in [0.15, 0.2) is 35.5 Å². The lowest BCUT2D eigenvalue weighted by molar-refractivity contribution is -0.136. The van der Waals surface area contributed by atoms with E-state index in [2.05, 4.69) is 5.32 Å². The van der Waals surface area contributed by atoms with Crippen LogP contribution in [0.4, 0.5) is 0 Å². The van der Waals surface area contributed by atoms with Crippen molar-refractivity contribution in [2.24, 2.45) is 0 Å². The van der Waals surface area contributed by atoms with E-state index >= 15 is 0 Å². The number of rotatable bonds is 4. The summed E-state index contributed by atoms with van der Waals surface area (Å²) in [5.74, 6) is -0.793. The summed E-state index contributed by atoms with van der Waals surface area (Å²) >= 11 is 5.51. The summed E-state index contributed by atoms with van der Waals surface area (Å²) in [6.45, 7) is 1.90. The lowest BCUT2D eigenvalue weighted by Crippen LogP contribution is -2.48. The molecule has 2 aliphatic rings. The molecule has 3 rings (SSSR count). The van der Waals surface area contributed by atoms with Crippen LogP contribution < -0.4 is 5.32 Å². The van der Waals surface area contributed by atoms with Gasteiger partial charge in [0.25, 0.3) is 0 Å². The summed E-state index contributed by atoms with van der Waals surface area (Å²) in [5, 5.41) is 3.85. The smallest absolute Gasteiger partial charge is 0.337 e. The molecule has 1 fully saturated rings. The average Bonchev–Trinajstić information content (AvgIpc) is 3.45. The maximum absolute atomic E-state index is 12.4. The molecule has 0 spiro atoms. The second kappa shape index (κ2) is 6.84. The molecule has 6 nitrogen and oxygen atoms in total. The van der Waals surface area contributed by atoms with E-state index in [0.29, 0.717) is 22.3 Å². The van der Waals surface area contributed by atoms with Crippen molar-refractivity contribution in [1.29, 1.82) is 0 Å². The number of hydrogen-bond acceptors (Lipinski definition) is 5. The maximum atomic E-state index is 12.4. The van der Waals surface area contributed by atoms with Crippen LogP contribution in [0.2, 0.25) is 0 Å². The molecule has 0 saturated heterocycles. The first kappa shape index (κ1) is 17.4. The minimum absolute atomic E-state index is 0.349. The van der Waals surface area contributed by atoms with Gasteiger partial charge in [-0.3, -0.25) is 0 Å². The third-order valence-electron chi connectivity index (χ3n) is 4.51. The van der Waals surface area contributed by atoms with Crippen LogP contribution in [0.5, 0.6) is 0 Å². The Bertz CT molecular complexity index is 753. The van der Waals surface area contributed by atoms with Crippen molar-refractivity contribution in [1.82, 2.24) is 10.2 Å². The number of benzene rings is 1. The summed E-state index contributed by atoms with van der Waals surface area (Å²) in [6.07, 6.45) is 2.12. The topological polar surface area (TPSA) is 67.9 Å². The van der Waals surface area contributed by atoms with Gasteiger partial charge in [0.2, 0.25) is 0 Å². The molecule has 1 heterocycles. The van der Waals surface area contributed by atoms with E-state index in [-0.39, 0.29) is 5.97 Å². The number of esters is 2. The van der Waals surface area contributed by atoms with Crippen molar-refractivity contribution in [2.45, 2.75) is 31.8 Å². The van der Waals surface area contributed by atoms with Crippen molar-refractivity contribution < 1.29 is 19.1 Å². The molecule has 1 saturated carbocycles. The molecule has 1 aromatic rings. The van der Waals surface area contributed by atoms with Gasteiger partial charge in [0.1, 0.15) is 0 Å². The van der Waals surface area contributed by atoms with Gasteiger partial charge in [-0.05, 0) is 49.7 Å². The molecule has 1 aromatic carbocycles. The summed E-state index contributed by atoms with van der Waals surface area (Å²) < 4.78 is 9.71. The Kier molecular flexibility index (Phi) is 4.76. The second-order valence-electron chi connectivity index (χ2n) is 6.09. The predicted octanol–water partition coefficient (Wildman–Crippen LogP) is 2.31. The predicted molar refractivity (Wildman–Crippen MR) is 95.8 cm³/mol. The fraction of sp³-hybridized carbons (Fsp3) is 0.389. The molecule has 7 heteroatoms. The quantitative estimate of drug-likeness (QED) is 0.653. The largest absolute Gasteiger partial charge is 0.466 e. The highest BCUT2D eigenvalue weighted by molar-refractivity contribution is 7.80. The molecule has 1 aliphatic carbocycles. The zero-order valence-corrected chi connectivity index (χ0v) is 15.2. The van der Waals surface area contributed by atoms with Crippen LogP contribution in [0.1, 0.15) is 41.7 Å². The zero-order chi connectivity index (χ0) is 18.1. The van der Waals surface area contributed by atoms with Gasteiger partial charge in [-0.25, -0.2) is 9.59 Å². The van der Waals surface area contributed by atoms with E-state index in [1.807, 2.05) is 11.8 Å². The highest BCUT2D eigenvalue weighted by atomic mass is 32.1. The Balaban J connectivity index is 2.00. The Morgan fingerprint density at radius 1 is 1.12 bits per heavy atom. The number of nitrogens with zero attached hydrogens (tertiary/aromatic N) is 1. The molecule has 1 aliphatic heterocycles. The van der Waals surface area contributed by atoms with Gasteiger partial charge in [-0.15, -0.1) is 0 Å². The van der Waals surface area contributed by atoms with Crippen LogP contribution in [0.25, 0.3) is 0 Å². The van der Waals surface area contributed by atoms with Gasteiger partial charge in [0, 0.05) is 11.7 Å². The Hall–Kier alpha value is -2.41. The van der Waals surface area contributed by atoms with Gasteiger partial charge in [-0.2, -0.15) is 0 Å². The molecule has 25 heavy (non-hydrogen) atoms. The molecule has 0 bridgehead atoms. The standard InChI is InChI=1S/C18H20N2O4S/c1-10-14(17(22)24-3)15(19-18(25)20(10)13-8-9-13)11-4-6-12(7-5-11)16(21)23-2/h4-7,13,15H,8-9H2,1-3H3,(H,19,25). The van der Waals surface area contributed by atoms with E-state index in [1.165, 1.54) is 14.2 Å². The molecular formula is C18H20N2O4S. The summed E-state index contributed by atoms with van der Waals surface area (Å²) in [5.41, 5.74) is 2.63. The highest BCUT2D eigenvalue weighted by Crippen LogP contribution is 2.37. The van der Waals surface area contributed by atoms with Crippen LogP contribution in [-0.2, 0) is 14.3 Å². The molecule has 0 radical (unpaired) electrons. The van der Waals surface area contributed by atoms with Crippen LogP contribution >= 0.6 is 12.2 Å². The average molecular weight is 360 g/mol. The van der Waals surface area contributed by atoms with E-state index in [4.69, 9.17) is 21.7 Å². The summed E-state index contributed by atoms with van der Waals surface area (Å²) in [4.78, 5) is 26.0. The van der Waals surface area contributed by atoms with Crippen molar-refractivity contribution in [3.8, 4) is 0 Å². The van der Waals surface area contributed by atoms with Crippen molar-refractivity contribution in [3.05, 3.63) is 46.7 Å². The summed E-state index contributed by atoms with van der Waals surface area (Å²) in [6, 6.07) is 6.85. The third-order valence-corrected chi connectivity index (χ3v) is 4.82. The lowest BCUT2D eigenvalue weighted by atomic mass is 9.94. The highest BCUT2D eigenvalue weighted by Gasteiger charge is 2.40. The lowest BCUT2D eigenvalue weighted by Gasteiger charge is -2.37. The van der Waals surface area contributed by atoms with E-state index in [9.17, 15) is 9.59 Å². The number of allylic oxidation sites excluding steroid dienone is 1. The Morgan fingerprint density at radius 3 is 2.24 bits per heavy atom. The summed E-state index contributed by atoms with van der Waals surface area (Å²) in [7, 11) is 2.71. The van der Waals surface area contributed by atoms with Gasteiger partial charge in [0.05, 0.1) is 31.4 Å². The molecule has 0 aromatic heterocycles. The number of methoxy groups -OCH3 is 2. The number of carbonyl (C=O) groups excluding carboxylic acids is 2. The van der Waals surface area contributed by atoms with Gasteiger partial charge >= 0.3 is 11.9 Å². The van der Waals surface area contributed by atoms with Crippen LogP contribution in [0.3, 0.4) is 0 Å². The van der Waals surface area contributed by atoms with Crippen LogP contribution in [-0.4, -0.2) is 42.2 Å². The second-order valence-corrected chi connectivity index (χ2v) is 6.47. The molecule has 1 N–H and O–H groups in total. The number of hydrogen-bond donors (Lipinski definition) is 1. The minimum atomic E-state index is -0.415. The zero-order valence-electron chi connectivity index (χ0n) is 14.4. The Morgan fingerprint density at radius 2 is 1.72 bits per heavy atom. The first-order chi connectivity index (χ1) is 12.0. The molecule has 132 valence electrons. The van der Waals surface area contributed by atoms with E-state index in [1.54, 1.807) is 24.3 Å². The number of ether oxygens (including phenoxy) is 2. The first-order valence-electron chi connectivity index (χ1n) is 8.05. The van der Waals surface area contributed by atoms with Crippen molar-refractivity contribution in [3.63, 3.8) is 0 Å². The van der Waals surface area contributed by atoms with Crippen molar-refractivity contribution in [2.75, 3.05) is 14.2 Å². The fourth-order valence-electron chi connectivity index (χ4n) is 3.08. The third kappa shape index (κ3) is 3.24. The van der Waals surface area contributed by atoms with E-state index in [0.717, 1.165) is 24.1 Å². The number of nitrogens with one attached hydrogen (secondary N) is 1. The van der Waals surface area contributed by atoms with Crippen molar-refractivity contribution >= 4 is 29.3 Å². The van der Waals surface area contributed by atoms with Gasteiger partial charge in [-0.1, -0.05) is 12.1 Å². The SMILES string of the molecule is COC(=O)C1=C(C)N(C2CC2)C(=S)NC1c1ccc(C(=O)OC)cc1. The normalized spacial score (nSPS) is 20.2. The molecular weight excluding hydrogens is 340 g/mol. The fourth-order valence-corrected chi connectivity index (χ4v) is 3.49. The number of carbonyl (C=O) groups is 2. The molecule has 1 unspecified atom stereocenters. The number of thiocarbonyl (C=S) groups is 1.